The third-order valence-electron chi connectivity index (χ3n) is 3.27. The number of ether oxygens (including phenoxy) is 1. The molecule has 19 heavy (non-hydrogen) atoms. The molecule has 0 aromatic carbocycles. The van der Waals surface area contributed by atoms with Crippen molar-refractivity contribution in [3.8, 4) is 0 Å². The van der Waals surface area contributed by atoms with Crippen LogP contribution in [0, 0.1) is 5.92 Å². The van der Waals surface area contributed by atoms with E-state index in [2.05, 4.69) is 28.9 Å². The van der Waals surface area contributed by atoms with E-state index in [9.17, 15) is 4.79 Å². The van der Waals surface area contributed by atoms with E-state index in [4.69, 9.17) is 9.26 Å². The lowest BCUT2D eigenvalue weighted by atomic mass is 10.1. The van der Waals surface area contributed by atoms with Gasteiger partial charge in [0.05, 0.1) is 13.7 Å². The second-order valence-electron chi connectivity index (χ2n) is 5.35. The predicted molar refractivity (Wildman–Crippen MR) is 68.3 cm³/mol. The fraction of sp³-hybridized carbons (Fsp3) is 0.769. The summed E-state index contributed by atoms with van der Waals surface area (Å²) in [5, 5.41) is 3.97. The minimum Gasteiger partial charge on any atom is -0.468 e. The molecular weight excluding hydrogens is 246 g/mol. The zero-order valence-electron chi connectivity index (χ0n) is 11.8. The Morgan fingerprint density at radius 3 is 3.05 bits per heavy atom. The zero-order valence-corrected chi connectivity index (χ0v) is 11.8. The smallest absolute Gasteiger partial charge is 0.323 e. The molecule has 1 aromatic rings. The molecule has 2 rings (SSSR count). The number of rotatable bonds is 5. The van der Waals surface area contributed by atoms with Gasteiger partial charge in [-0.2, -0.15) is 4.98 Å². The summed E-state index contributed by atoms with van der Waals surface area (Å²) >= 11 is 0. The average molecular weight is 267 g/mol. The van der Waals surface area contributed by atoms with Crippen molar-refractivity contribution in [3.63, 3.8) is 0 Å². The van der Waals surface area contributed by atoms with Crippen LogP contribution >= 0.6 is 0 Å². The van der Waals surface area contributed by atoms with Gasteiger partial charge in [0.15, 0.2) is 5.82 Å². The lowest BCUT2D eigenvalue weighted by Gasteiger charge is -2.20. The van der Waals surface area contributed by atoms with Crippen LogP contribution in [0.3, 0.4) is 0 Å². The molecule has 0 saturated carbocycles. The number of hydrogen-bond donors (Lipinski definition) is 0. The predicted octanol–water partition coefficient (Wildman–Crippen LogP) is 1.41. The Morgan fingerprint density at radius 2 is 2.37 bits per heavy atom. The quantitative estimate of drug-likeness (QED) is 0.751. The second-order valence-corrected chi connectivity index (χ2v) is 5.35. The number of likely N-dealkylation sites (tertiary alicyclic amines) is 1. The number of nitrogens with zero attached hydrogens (tertiary/aromatic N) is 3. The van der Waals surface area contributed by atoms with E-state index >= 15 is 0 Å². The van der Waals surface area contributed by atoms with E-state index in [0.29, 0.717) is 24.2 Å². The van der Waals surface area contributed by atoms with Crippen molar-refractivity contribution < 1.29 is 14.1 Å². The van der Waals surface area contributed by atoms with Crippen LogP contribution < -0.4 is 0 Å². The standard InChI is InChI=1S/C13H21N3O3/c1-9(2)7-12-14-11(15-19-12)8-16-6-4-5-10(16)13(17)18-3/h9-10H,4-8H2,1-3H3. The van der Waals surface area contributed by atoms with E-state index < -0.39 is 0 Å². The Hall–Kier alpha value is -1.43. The first kappa shape index (κ1) is 14.0. The number of methoxy groups -OCH3 is 1. The van der Waals surface area contributed by atoms with Gasteiger partial charge in [-0.25, -0.2) is 0 Å². The third kappa shape index (κ3) is 3.53. The van der Waals surface area contributed by atoms with Gasteiger partial charge in [0.2, 0.25) is 5.89 Å². The van der Waals surface area contributed by atoms with Gasteiger partial charge in [-0.15, -0.1) is 0 Å². The van der Waals surface area contributed by atoms with E-state index in [-0.39, 0.29) is 12.0 Å². The molecule has 1 fully saturated rings. The molecule has 0 aliphatic carbocycles. The van der Waals surface area contributed by atoms with Crippen molar-refractivity contribution in [1.29, 1.82) is 0 Å². The fourth-order valence-corrected chi connectivity index (χ4v) is 2.39. The van der Waals surface area contributed by atoms with E-state index in [1.165, 1.54) is 7.11 Å². The lowest BCUT2D eigenvalue weighted by molar-refractivity contribution is -0.146. The Balaban J connectivity index is 1.96. The van der Waals surface area contributed by atoms with Gasteiger partial charge in [-0.1, -0.05) is 19.0 Å². The Kier molecular flexibility index (Phi) is 4.52. The molecular formula is C13H21N3O3. The summed E-state index contributed by atoms with van der Waals surface area (Å²) < 4.78 is 10.0. The Bertz CT molecular complexity index is 431. The van der Waals surface area contributed by atoms with Gasteiger partial charge >= 0.3 is 5.97 Å². The van der Waals surface area contributed by atoms with E-state index in [0.717, 1.165) is 25.8 Å². The van der Waals surface area contributed by atoms with Crippen LogP contribution in [-0.4, -0.2) is 40.7 Å². The number of esters is 1. The zero-order chi connectivity index (χ0) is 13.8. The highest BCUT2D eigenvalue weighted by Gasteiger charge is 2.32. The van der Waals surface area contributed by atoms with Crippen molar-refractivity contribution in [1.82, 2.24) is 15.0 Å². The molecule has 1 aromatic heterocycles. The molecule has 0 bridgehead atoms. The van der Waals surface area contributed by atoms with Gasteiger partial charge in [0.25, 0.3) is 0 Å². The Labute approximate surface area is 113 Å². The van der Waals surface area contributed by atoms with Crippen molar-refractivity contribution >= 4 is 5.97 Å². The van der Waals surface area contributed by atoms with Crippen LogP contribution in [0.4, 0.5) is 0 Å². The molecule has 0 amide bonds. The molecule has 0 spiro atoms. The van der Waals surface area contributed by atoms with Crippen LogP contribution in [0.2, 0.25) is 0 Å². The summed E-state index contributed by atoms with van der Waals surface area (Å²) in [5.41, 5.74) is 0. The molecule has 1 atom stereocenters. The van der Waals surface area contributed by atoms with Gasteiger partial charge in [-0.3, -0.25) is 9.69 Å². The maximum Gasteiger partial charge on any atom is 0.323 e. The maximum absolute atomic E-state index is 11.6. The number of aromatic nitrogens is 2. The minimum absolute atomic E-state index is 0.169. The van der Waals surface area contributed by atoms with Gasteiger partial charge in [-0.05, 0) is 25.3 Å². The highest BCUT2D eigenvalue weighted by Crippen LogP contribution is 2.20. The monoisotopic (exact) mass is 267 g/mol. The molecule has 2 heterocycles. The molecule has 0 radical (unpaired) electrons. The first-order valence-corrected chi connectivity index (χ1v) is 6.73. The molecule has 0 N–H and O–H groups in total. The summed E-state index contributed by atoms with van der Waals surface area (Å²) in [6, 6.07) is -0.169. The number of hydrogen-bond acceptors (Lipinski definition) is 6. The van der Waals surface area contributed by atoms with Crippen LogP contribution in [0.25, 0.3) is 0 Å². The van der Waals surface area contributed by atoms with Gasteiger partial charge in [0, 0.05) is 6.42 Å². The average Bonchev–Trinajstić information content (AvgIpc) is 2.98. The van der Waals surface area contributed by atoms with E-state index in [1.807, 2.05) is 0 Å². The summed E-state index contributed by atoms with van der Waals surface area (Å²) in [6.07, 6.45) is 2.62. The molecule has 6 nitrogen and oxygen atoms in total. The van der Waals surface area contributed by atoms with Gasteiger partial charge in [0.1, 0.15) is 6.04 Å². The normalized spacial score (nSPS) is 20.1. The minimum atomic E-state index is -0.177. The highest BCUT2D eigenvalue weighted by atomic mass is 16.5. The maximum atomic E-state index is 11.6. The number of carbonyl (C=O) groups is 1. The van der Waals surface area contributed by atoms with Crippen molar-refractivity contribution in [3.05, 3.63) is 11.7 Å². The van der Waals surface area contributed by atoms with Crippen molar-refractivity contribution in [2.45, 2.75) is 45.7 Å². The lowest BCUT2D eigenvalue weighted by Crippen LogP contribution is -2.36. The largest absolute Gasteiger partial charge is 0.468 e. The van der Waals surface area contributed by atoms with Crippen LogP contribution in [-0.2, 0) is 22.5 Å². The number of carbonyl (C=O) groups excluding carboxylic acids is 1. The topological polar surface area (TPSA) is 68.5 Å². The molecule has 1 saturated heterocycles. The summed E-state index contributed by atoms with van der Waals surface area (Å²) in [6.45, 7) is 5.63. The molecule has 1 unspecified atom stereocenters. The fourth-order valence-electron chi connectivity index (χ4n) is 2.39. The first-order chi connectivity index (χ1) is 9.10. The van der Waals surface area contributed by atoms with Crippen molar-refractivity contribution in [2.24, 2.45) is 5.92 Å². The van der Waals surface area contributed by atoms with Crippen LogP contribution in [0.15, 0.2) is 4.52 Å². The molecule has 1 aliphatic rings. The highest BCUT2D eigenvalue weighted by molar-refractivity contribution is 5.75. The summed E-state index contributed by atoms with van der Waals surface area (Å²) in [5.74, 6) is 1.62. The third-order valence-corrected chi connectivity index (χ3v) is 3.27. The molecule has 1 aliphatic heterocycles. The second kappa shape index (κ2) is 6.14. The molecule has 6 heteroatoms. The summed E-state index contributed by atoms with van der Waals surface area (Å²) in [4.78, 5) is 18.1. The first-order valence-electron chi connectivity index (χ1n) is 6.73. The molecule has 106 valence electrons. The van der Waals surface area contributed by atoms with Crippen LogP contribution in [0.5, 0.6) is 0 Å². The SMILES string of the molecule is COC(=O)C1CCCN1Cc1noc(CC(C)C)n1. The van der Waals surface area contributed by atoms with Crippen molar-refractivity contribution in [2.75, 3.05) is 13.7 Å². The van der Waals surface area contributed by atoms with Crippen LogP contribution in [0.1, 0.15) is 38.4 Å². The summed E-state index contributed by atoms with van der Waals surface area (Å²) in [7, 11) is 1.42. The van der Waals surface area contributed by atoms with E-state index in [1.54, 1.807) is 0 Å². The Morgan fingerprint density at radius 1 is 1.58 bits per heavy atom. The van der Waals surface area contributed by atoms with Gasteiger partial charge < -0.3 is 9.26 Å².